The minimum Gasteiger partial charge on any atom is -0.454 e. The van der Waals surface area contributed by atoms with Gasteiger partial charge in [0.25, 0.3) is 0 Å². The number of fused-ring (bicyclic) bond motifs is 1. The van der Waals surface area contributed by atoms with Crippen molar-refractivity contribution in [1.29, 1.82) is 0 Å². The molecule has 0 fully saturated rings. The number of nitrogens with one attached hydrogen (secondary N) is 1. The van der Waals surface area contributed by atoms with E-state index in [1.54, 1.807) is 6.92 Å². The number of aryl methyl sites for hydroxylation is 1. The summed E-state index contributed by atoms with van der Waals surface area (Å²) in [6, 6.07) is 13.0. The van der Waals surface area contributed by atoms with E-state index in [2.05, 4.69) is 25.0 Å². The van der Waals surface area contributed by atoms with Gasteiger partial charge in [-0.15, -0.1) is 0 Å². The molecule has 0 amide bonds. The highest BCUT2D eigenvalue weighted by Gasteiger charge is 2.29. The van der Waals surface area contributed by atoms with Crippen LogP contribution in [0.25, 0.3) is 10.8 Å². The van der Waals surface area contributed by atoms with E-state index in [0.717, 1.165) is 16.5 Å². The normalized spacial score (nSPS) is 11.5. The molecule has 0 aliphatic heterocycles. The number of rotatable bonds is 5. The summed E-state index contributed by atoms with van der Waals surface area (Å²) in [6.45, 7) is 0.346. The summed E-state index contributed by atoms with van der Waals surface area (Å²) in [5, 5.41) is 5.00. The molecule has 0 aliphatic carbocycles. The molecule has 1 aromatic heterocycles. The van der Waals surface area contributed by atoms with Gasteiger partial charge in [0.05, 0.1) is 0 Å². The number of halogens is 3. The molecule has 130 valence electrons. The molecule has 2 aromatic carbocycles. The summed E-state index contributed by atoms with van der Waals surface area (Å²) >= 11 is 0. The number of anilines is 2. The topological polar surface area (TPSA) is 59.9 Å². The molecular weight excluding hydrogens is 333 g/mol. The lowest BCUT2D eigenvalue weighted by atomic mass is 10.1. The molecule has 0 bridgehead atoms. The Morgan fingerprint density at radius 2 is 1.76 bits per heavy atom. The molecule has 0 aliphatic rings. The van der Waals surface area contributed by atoms with Crippen LogP contribution in [-0.2, 0) is 6.42 Å². The first kappa shape index (κ1) is 16.9. The number of ether oxygens (including phenoxy) is 1. The van der Waals surface area contributed by atoms with Gasteiger partial charge in [0.15, 0.2) is 6.61 Å². The maximum Gasteiger partial charge on any atom is 0.422 e. The summed E-state index contributed by atoms with van der Waals surface area (Å²) in [7, 11) is 0. The van der Waals surface area contributed by atoms with Crippen molar-refractivity contribution in [2.75, 3.05) is 11.9 Å². The molecule has 1 N–H and O–H groups in total. The van der Waals surface area contributed by atoms with E-state index in [9.17, 15) is 13.2 Å². The highest BCUT2D eigenvalue weighted by molar-refractivity contribution is 5.94. The molecule has 8 heteroatoms. The molecule has 0 radical (unpaired) electrons. The Balaban J connectivity index is 1.91. The molecule has 0 saturated carbocycles. The van der Waals surface area contributed by atoms with E-state index < -0.39 is 12.8 Å². The van der Waals surface area contributed by atoms with Crippen molar-refractivity contribution < 1.29 is 17.9 Å². The average Bonchev–Trinajstić information content (AvgIpc) is 2.59. The van der Waals surface area contributed by atoms with Gasteiger partial charge < -0.3 is 10.1 Å². The van der Waals surface area contributed by atoms with Crippen molar-refractivity contribution in [3.05, 3.63) is 48.3 Å². The van der Waals surface area contributed by atoms with Gasteiger partial charge in [-0.05, 0) is 11.5 Å². The van der Waals surface area contributed by atoms with Crippen LogP contribution in [0.5, 0.6) is 6.01 Å². The molecule has 0 unspecified atom stereocenters. The van der Waals surface area contributed by atoms with E-state index in [1.165, 1.54) is 0 Å². The fourth-order valence-corrected chi connectivity index (χ4v) is 2.28. The van der Waals surface area contributed by atoms with Gasteiger partial charge in [-0.1, -0.05) is 43.3 Å². The third-order valence-corrected chi connectivity index (χ3v) is 3.38. The number of benzene rings is 2. The summed E-state index contributed by atoms with van der Waals surface area (Å²) in [5.74, 6) is 0.482. The molecular formula is C17H15F3N4O. The molecule has 0 saturated heterocycles. The molecule has 3 rings (SSSR count). The number of hydrogen-bond acceptors (Lipinski definition) is 5. The molecule has 0 atom stereocenters. The van der Waals surface area contributed by atoms with Gasteiger partial charge in [-0.25, -0.2) is 0 Å². The van der Waals surface area contributed by atoms with Crippen molar-refractivity contribution in [3.63, 3.8) is 0 Å². The maximum absolute atomic E-state index is 12.3. The Hall–Kier alpha value is -2.90. The second-order valence-electron chi connectivity index (χ2n) is 5.27. The Morgan fingerprint density at radius 1 is 1.00 bits per heavy atom. The van der Waals surface area contributed by atoms with Crippen molar-refractivity contribution in [2.24, 2.45) is 0 Å². The first-order valence-corrected chi connectivity index (χ1v) is 7.64. The highest BCUT2D eigenvalue weighted by atomic mass is 19.4. The van der Waals surface area contributed by atoms with Crippen LogP contribution >= 0.6 is 0 Å². The largest absolute Gasteiger partial charge is 0.454 e. The predicted molar refractivity (Wildman–Crippen MR) is 88.0 cm³/mol. The van der Waals surface area contributed by atoms with Crippen LogP contribution in [0.1, 0.15) is 12.7 Å². The zero-order valence-electron chi connectivity index (χ0n) is 13.3. The van der Waals surface area contributed by atoms with Crippen LogP contribution in [0, 0.1) is 0 Å². The average molecular weight is 348 g/mol. The number of alkyl halides is 3. The van der Waals surface area contributed by atoms with Gasteiger partial charge in [-0.2, -0.15) is 28.1 Å². The first-order chi connectivity index (χ1) is 11.9. The van der Waals surface area contributed by atoms with Gasteiger partial charge in [-0.3, -0.25) is 0 Å². The van der Waals surface area contributed by atoms with Gasteiger partial charge in [0, 0.05) is 17.5 Å². The summed E-state index contributed by atoms with van der Waals surface area (Å²) in [6.07, 6.45) is -4.02. The van der Waals surface area contributed by atoms with Crippen LogP contribution in [0.2, 0.25) is 0 Å². The monoisotopic (exact) mass is 348 g/mol. The van der Waals surface area contributed by atoms with E-state index in [4.69, 9.17) is 0 Å². The van der Waals surface area contributed by atoms with Gasteiger partial charge in [0.1, 0.15) is 5.82 Å². The fraction of sp³-hybridized carbons (Fsp3) is 0.235. The lowest BCUT2D eigenvalue weighted by molar-refractivity contribution is -0.154. The molecule has 0 spiro atoms. The van der Waals surface area contributed by atoms with Crippen LogP contribution in [0.15, 0.2) is 42.5 Å². The van der Waals surface area contributed by atoms with Crippen LogP contribution < -0.4 is 10.1 Å². The SMILES string of the molecule is CCc1nc(Nc2cccc3ccccc23)nc(OCC(F)(F)F)n1. The Morgan fingerprint density at radius 3 is 2.52 bits per heavy atom. The smallest absolute Gasteiger partial charge is 0.422 e. The standard InChI is InChI=1S/C17H15F3N4O/c1-2-14-22-15(24-16(23-14)25-10-17(18,19)20)21-13-9-5-7-11-6-3-4-8-12(11)13/h3-9H,2,10H2,1H3,(H,21,22,23,24). The van der Waals surface area contributed by atoms with E-state index >= 15 is 0 Å². The number of nitrogens with zero attached hydrogens (tertiary/aromatic N) is 3. The molecule has 3 aromatic rings. The fourth-order valence-electron chi connectivity index (χ4n) is 2.28. The molecule has 1 heterocycles. The zero-order chi connectivity index (χ0) is 17.9. The Bertz CT molecular complexity index is 878. The predicted octanol–water partition coefficient (Wildman–Crippen LogP) is 4.27. The van der Waals surface area contributed by atoms with Crippen LogP contribution in [-0.4, -0.2) is 27.7 Å². The number of aromatic nitrogens is 3. The lowest BCUT2D eigenvalue weighted by Crippen LogP contribution is -2.20. The minimum atomic E-state index is -4.46. The van der Waals surface area contributed by atoms with E-state index in [1.807, 2.05) is 42.5 Å². The van der Waals surface area contributed by atoms with E-state index in [-0.39, 0.29) is 12.0 Å². The third kappa shape index (κ3) is 4.34. The van der Waals surface area contributed by atoms with Crippen LogP contribution in [0.4, 0.5) is 24.8 Å². The molecule has 25 heavy (non-hydrogen) atoms. The van der Waals surface area contributed by atoms with E-state index in [0.29, 0.717) is 12.2 Å². The second kappa shape index (κ2) is 6.92. The summed E-state index contributed by atoms with van der Waals surface area (Å²) < 4.78 is 41.7. The summed E-state index contributed by atoms with van der Waals surface area (Å²) in [5.41, 5.74) is 0.744. The third-order valence-electron chi connectivity index (χ3n) is 3.38. The maximum atomic E-state index is 12.3. The minimum absolute atomic E-state index is 0.139. The second-order valence-corrected chi connectivity index (χ2v) is 5.27. The quantitative estimate of drug-likeness (QED) is 0.746. The van der Waals surface area contributed by atoms with Crippen LogP contribution in [0.3, 0.4) is 0 Å². The lowest BCUT2D eigenvalue weighted by Gasteiger charge is -2.11. The highest BCUT2D eigenvalue weighted by Crippen LogP contribution is 2.25. The van der Waals surface area contributed by atoms with Gasteiger partial charge >= 0.3 is 12.2 Å². The van der Waals surface area contributed by atoms with Crippen molar-refractivity contribution in [3.8, 4) is 6.01 Å². The van der Waals surface area contributed by atoms with Crippen molar-refractivity contribution in [1.82, 2.24) is 15.0 Å². The summed E-state index contributed by atoms with van der Waals surface area (Å²) in [4.78, 5) is 12.0. The Labute approximate surface area is 141 Å². The van der Waals surface area contributed by atoms with Crippen molar-refractivity contribution >= 4 is 22.4 Å². The first-order valence-electron chi connectivity index (χ1n) is 7.64. The number of hydrogen-bond donors (Lipinski definition) is 1. The zero-order valence-corrected chi connectivity index (χ0v) is 13.3. The van der Waals surface area contributed by atoms with Crippen molar-refractivity contribution in [2.45, 2.75) is 19.5 Å². The molecule has 5 nitrogen and oxygen atoms in total. The van der Waals surface area contributed by atoms with Gasteiger partial charge in [0.2, 0.25) is 5.95 Å². The Kier molecular flexibility index (Phi) is 4.69.